The molecule has 0 aromatic heterocycles. The molecule has 0 aliphatic carbocycles. The number of likely N-dealkylation sites (N-methyl/N-ethyl adjacent to an activating group) is 1. The monoisotopic (exact) mass is 164 g/mol. The largest absolute Gasteiger partial charge is 0.304 e. The number of piperazine rings is 1. The molecule has 0 atom stereocenters. The zero-order valence-electron chi connectivity index (χ0n) is 6.76. The van der Waals surface area contributed by atoms with Crippen molar-refractivity contribution in [3.8, 4) is 0 Å². The van der Waals surface area contributed by atoms with Crippen LogP contribution in [-0.2, 0) is 0 Å². The number of nitrogens with zero attached hydrogens (tertiary/aromatic N) is 2. The average molecular weight is 164 g/mol. The molecule has 1 aliphatic heterocycles. The van der Waals surface area contributed by atoms with Crippen LogP contribution < -0.4 is 0 Å². The van der Waals surface area contributed by atoms with Crippen molar-refractivity contribution in [2.45, 2.75) is 6.43 Å². The lowest BCUT2D eigenvalue weighted by molar-refractivity contribution is 0.0624. The summed E-state index contributed by atoms with van der Waals surface area (Å²) >= 11 is 0. The lowest BCUT2D eigenvalue weighted by atomic mass is 10.3. The van der Waals surface area contributed by atoms with E-state index in [1.807, 2.05) is 11.9 Å². The van der Waals surface area contributed by atoms with Gasteiger partial charge in [0.25, 0.3) is 6.43 Å². The third-order valence-corrected chi connectivity index (χ3v) is 1.99. The smallest absolute Gasteiger partial charge is 0.251 e. The highest BCUT2D eigenvalue weighted by molar-refractivity contribution is 4.69. The van der Waals surface area contributed by atoms with Gasteiger partial charge >= 0.3 is 0 Å². The van der Waals surface area contributed by atoms with Crippen LogP contribution in [0.1, 0.15) is 0 Å². The van der Waals surface area contributed by atoms with Crippen molar-refractivity contribution in [2.75, 3.05) is 39.8 Å². The quantitative estimate of drug-likeness (QED) is 0.586. The van der Waals surface area contributed by atoms with Crippen molar-refractivity contribution < 1.29 is 8.78 Å². The van der Waals surface area contributed by atoms with Crippen LogP contribution in [0.25, 0.3) is 0 Å². The zero-order valence-corrected chi connectivity index (χ0v) is 6.76. The Kier molecular flexibility index (Phi) is 3.20. The van der Waals surface area contributed by atoms with Gasteiger partial charge in [-0.2, -0.15) is 0 Å². The van der Waals surface area contributed by atoms with Gasteiger partial charge in [0.2, 0.25) is 0 Å². The molecule has 0 bridgehead atoms. The Morgan fingerprint density at radius 3 is 2.18 bits per heavy atom. The van der Waals surface area contributed by atoms with Crippen LogP contribution in [0.3, 0.4) is 0 Å². The van der Waals surface area contributed by atoms with Crippen LogP contribution in [0.4, 0.5) is 8.78 Å². The molecule has 1 fully saturated rings. The molecule has 66 valence electrons. The van der Waals surface area contributed by atoms with Crippen molar-refractivity contribution in [3.63, 3.8) is 0 Å². The minimum Gasteiger partial charge on any atom is -0.304 e. The second-order valence-electron chi connectivity index (χ2n) is 2.99. The fourth-order valence-electron chi connectivity index (χ4n) is 1.23. The molecular formula is C7H14F2N2. The van der Waals surface area contributed by atoms with E-state index in [0.717, 1.165) is 26.2 Å². The van der Waals surface area contributed by atoms with Gasteiger partial charge in [0, 0.05) is 26.2 Å². The lowest BCUT2D eigenvalue weighted by Crippen LogP contribution is -2.45. The number of halogens is 2. The SMILES string of the molecule is CN1CCN(CC(F)F)CC1. The van der Waals surface area contributed by atoms with Crippen LogP contribution >= 0.6 is 0 Å². The average Bonchev–Trinajstić information content (AvgIpc) is 1.93. The molecule has 1 aliphatic rings. The van der Waals surface area contributed by atoms with Crippen LogP contribution in [-0.4, -0.2) is 56.0 Å². The molecule has 2 nitrogen and oxygen atoms in total. The first-order chi connectivity index (χ1) is 5.18. The second kappa shape index (κ2) is 3.97. The molecular weight excluding hydrogens is 150 g/mol. The van der Waals surface area contributed by atoms with Gasteiger partial charge in [-0.15, -0.1) is 0 Å². The van der Waals surface area contributed by atoms with E-state index in [2.05, 4.69) is 4.90 Å². The molecule has 1 rings (SSSR count). The maximum Gasteiger partial charge on any atom is 0.251 e. The summed E-state index contributed by atoms with van der Waals surface area (Å²) in [6.45, 7) is 3.31. The Morgan fingerprint density at radius 1 is 1.18 bits per heavy atom. The fraction of sp³-hybridized carbons (Fsp3) is 1.00. The van der Waals surface area contributed by atoms with E-state index in [4.69, 9.17) is 0 Å². The van der Waals surface area contributed by atoms with Gasteiger partial charge < -0.3 is 4.90 Å². The maximum atomic E-state index is 11.9. The van der Waals surface area contributed by atoms with E-state index in [1.54, 1.807) is 0 Å². The molecule has 11 heavy (non-hydrogen) atoms. The summed E-state index contributed by atoms with van der Waals surface area (Å²) < 4.78 is 23.7. The molecule has 0 aromatic rings. The Hall–Kier alpha value is -0.220. The Balaban J connectivity index is 2.17. The third-order valence-electron chi connectivity index (χ3n) is 1.99. The summed E-state index contributed by atoms with van der Waals surface area (Å²) in [7, 11) is 2.01. The topological polar surface area (TPSA) is 6.48 Å². The van der Waals surface area contributed by atoms with E-state index in [-0.39, 0.29) is 6.54 Å². The van der Waals surface area contributed by atoms with Crippen molar-refractivity contribution in [1.82, 2.24) is 9.80 Å². The summed E-state index contributed by atoms with van der Waals surface area (Å²) in [5, 5.41) is 0. The molecule has 1 saturated heterocycles. The van der Waals surface area contributed by atoms with Gasteiger partial charge in [0.15, 0.2) is 0 Å². The Labute approximate surface area is 65.8 Å². The standard InChI is InChI=1S/C7H14F2N2/c1-10-2-4-11(5-3-10)6-7(8)9/h7H,2-6H2,1H3. The number of alkyl halides is 2. The highest BCUT2D eigenvalue weighted by Crippen LogP contribution is 2.02. The van der Waals surface area contributed by atoms with Crippen LogP contribution in [0.5, 0.6) is 0 Å². The van der Waals surface area contributed by atoms with Gasteiger partial charge in [-0.1, -0.05) is 0 Å². The first kappa shape index (κ1) is 8.87. The molecule has 0 saturated carbocycles. The predicted octanol–water partition coefficient (Wildman–Crippen LogP) is 0.499. The highest BCUT2D eigenvalue weighted by atomic mass is 19.3. The van der Waals surface area contributed by atoms with Gasteiger partial charge in [-0.05, 0) is 7.05 Å². The van der Waals surface area contributed by atoms with E-state index < -0.39 is 6.43 Å². The minimum absolute atomic E-state index is 0.0617. The predicted molar refractivity (Wildman–Crippen MR) is 39.9 cm³/mol. The number of rotatable bonds is 2. The first-order valence-electron chi connectivity index (χ1n) is 3.87. The summed E-state index contributed by atoms with van der Waals surface area (Å²) in [6.07, 6.45) is -2.18. The number of hydrogen-bond donors (Lipinski definition) is 0. The summed E-state index contributed by atoms with van der Waals surface area (Å²) in [5.74, 6) is 0. The van der Waals surface area contributed by atoms with E-state index in [0.29, 0.717) is 0 Å². The van der Waals surface area contributed by atoms with Gasteiger partial charge in [-0.25, -0.2) is 8.78 Å². The summed E-state index contributed by atoms with van der Waals surface area (Å²) in [6, 6.07) is 0. The second-order valence-corrected chi connectivity index (χ2v) is 2.99. The van der Waals surface area contributed by atoms with E-state index in [1.165, 1.54) is 0 Å². The molecule has 0 spiro atoms. The van der Waals surface area contributed by atoms with Crippen LogP contribution in [0, 0.1) is 0 Å². The fourth-order valence-corrected chi connectivity index (χ4v) is 1.23. The highest BCUT2D eigenvalue weighted by Gasteiger charge is 2.16. The Morgan fingerprint density at radius 2 is 1.73 bits per heavy atom. The van der Waals surface area contributed by atoms with Gasteiger partial charge in [-0.3, -0.25) is 4.90 Å². The van der Waals surface area contributed by atoms with Crippen LogP contribution in [0.2, 0.25) is 0 Å². The Bertz CT molecular complexity index is 111. The summed E-state index contributed by atoms with van der Waals surface area (Å²) in [4.78, 5) is 3.96. The minimum atomic E-state index is -2.18. The van der Waals surface area contributed by atoms with E-state index in [9.17, 15) is 8.78 Å². The lowest BCUT2D eigenvalue weighted by Gasteiger charge is -2.31. The molecule has 0 amide bonds. The van der Waals surface area contributed by atoms with Gasteiger partial charge in [0.1, 0.15) is 0 Å². The molecule has 4 heteroatoms. The van der Waals surface area contributed by atoms with Crippen molar-refractivity contribution in [2.24, 2.45) is 0 Å². The normalized spacial score (nSPS) is 22.9. The molecule has 1 heterocycles. The third kappa shape index (κ3) is 3.12. The van der Waals surface area contributed by atoms with Crippen molar-refractivity contribution in [1.29, 1.82) is 0 Å². The molecule has 0 aromatic carbocycles. The molecule has 0 radical (unpaired) electrons. The van der Waals surface area contributed by atoms with Crippen molar-refractivity contribution >= 4 is 0 Å². The first-order valence-corrected chi connectivity index (χ1v) is 3.87. The van der Waals surface area contributed by atoms with Crippen molar-refractivity contribution in [3.05, 3.63) is 0 Å². The number of hydrogen-bond acceptors (Lipinski definition) is 2. The zero-order chi connectivity index (χ0) is 8.27. The van der Waals surface area contributed by atoms with Gasteiger partial charge in [0.05, 0.1) is 6.54 Å². The van der Waals surface area contributed by atoms with E-state index >= 15 is 0 Å². The molecule has 0 unspecified atom stereocenters. The summed E-state index contributed by atoms with van der Waals surface area (Å²) in [5.41, 5.74) is 0. The molecule has 0 N–H and O–H groups in total. The van der Waals surface area contributed by atoms with Crippen LogP contribution in [0.15, 0.2) is 0 Å². The maximum absolute atomic E-state index is 11.9.